The molecule has 0 aliphatic carbocycles. The second-order valence-electron chi connectivity index (χ2n) is 9.45. The molecule has 0 unspecified atom stereocenters. The largest absolute Gasteiger partial charge is 0.480 e. The van der Waals surface area contributed by atoms with E-state index < -0.39 is 22.0 Å². The Morgan fingerprint density at radius 3 is 2.19 bits per heavy atom. The van der Waals surface area contributed by atoms with Crippen LogP contribution < -0.4 is 10.6 Å². The zero-order valence-corrected chi connectivity index (χ0v) is 22.4. The summed E-state index contributed by atoms with van der Waals surface area (Å²) in [6.07, 6.45) is 1.71. The number of carboxylic acid groups (broad SMARTS) is 1. The summed E-state index contributed by atoms with van der Waals surface area (Å²) >= 11 is 0. The second-order valence-corrected chi connectivity index (χ2v) is 11.3. The maximum absolute atomic E-state index is 13.4. The normalized spacial score (nSPS) is 13.5. The van der Waals surface area contributed by atoms with Crippen molar-refractivity contribution in [1.29, 1.82) is 0 Å². The summed E-state index contributed by atoms with van der Waals surface area (Å²) in [4.78, 5) is 24.8. The number of hydrogen-bond acceptors (Lipinski definition) is 5. The van der Waals surface area contributed by atoms with Crippen molar-refractivity contribution in [2.75, 3.05) is 20.1 Å². The average molecular weight is 518 g/mol. The lowest BCUT2D eigenvalue weighted by Gasteiger charge is -2.29. The SMILES string of the molecule is CN[C@@H](Cc1ccccc1)C(=O)NCCCC[C@@H](C(=O)O)N(CC(C)C)S(=O)(=O)c1ccc(C)cc1. The first-order valence-corrected chi connectivity index (χ1v) is 13.8. The highest BCUT2D eigenvalue weighted by molar-refractivity contribution is 7.89. The number of aryl methyl sites for hydroxylation is 1. The second kappa shape index (κ2) is 14.1. The number of nitrogens with one attached hydrogen (secondary N) is 2. The lowest BCUT2D eigenvalue weighted by Crippen LogP contribution is -2.47. The first-order chi connectivity index (χ1) is 17.1. The van der Waals surface area contributed by atoms with E-state index in [-0.39, 0.29) is 35.7 Å². The molecule has 0 spiro atoms. The van der Waals surface area contributed by atoms with Crippen LogP contribution in [0.25, 0.3) is 0 Å². The van der Waals surface area contributed by atoms with Crippen molar-refractivity contribution in [2.45, 2.75) is 63.4 Å². The third-order valence-electron chi connectivity index (χ3n) is 5.96. The summed E-state index contributed by atoms with van der Waals surface area (Å²) in [6, 6.07) is 14.6. The Hall–Kier alpha value is -2.75. The number of sulfonamides is 1. The van der Waals surface area contributed by atoms with Crippen LogP contribution in [0.15, 0.2) is 59.5 Å². The maximum Gasteiger partial charge on any atom is 0.322 e. The highest BCUT2D eigenvalue weighted by atomic mass is 32.2. The van der Waals surface area contributed by atoms with E-state index in [1.54, 1.807) is 19.2 Å². The fraction of sp³-hybridized carbons (Fsp3) is 0.481. The number of unbranched alkanes of at least 4 members (excludes halogenated alkanes) is 1. The van der Waals surface area contributed by atoms with Gasteiger partial charge in [-0.2, -0.15) is 4.31 Å². The van der Waals surface area contributed by atoms with Crippen molar-refractivity contribution in [3.63, 3.8) is 0 Å². The Morgan fingerprint density at radius 1 is 1.00 bits per heavy atom. The van der Waals surface area contributed by atoms with Gasteiger partial charge in [0.15, 0.2) is 0 Å². The van der Waals surface area contributed by atoms with Gasteiger partial charge in [-0.15, -0.1) is 0 Å². The standard InChI is InChI=1S/C27H39N3O5S/c1-20(2)19-30(36(34,35)23-15-13-21(3)14-16-23)25(27(32)33)12-8-9-17-29-26(31)24(28-4)18-22-10-6-5-7-11-22/h5-7,10-11,13-16,20,24-25,28H,8-9,12,17-19H2,1-4H3,(H,29,31)(H,32,33)/t24-,25-/m0/s1. The lowest BCUT2D eigenvalue weighted by molar-refractivity contribution is -0.142. The minimum atomic E-state index is -3.98. The molecular weight excluding hydrogens is 478 g/mol. The number of rotatable bonds is 15. The maximum atomic E-state index is 13.4. The van der Waals surface area contributed by atoms with Gasteiger partial charge in [-0.05, 0) is 63.3 Å². The molecule has 2 rings (SSSR count). The number of hydrogen-bond donors (Lipinski definition) is 3. The predicted octanol–water partition coefficient (Wildman–Crippen LogP) is 3.21. The highest BCUT2D eigenvalue weighted by Gasteiger charge is 2.36. The van der Waals surface area contributed by atoms with E-state index in [9.17, 15) is 23.1 Å². The van der Waals surface area contributed by atoms with Gasteiger partial charge in [0, 0.05) is 13.1 Å². The fourth-order valence-electron chi connectivity index (χ4n) is 3.96. The van der Waals surface area contributed by atoms with E-state index in [1.807, 2.05) is 51.1 Å². The molecule has 0 saturated carbocycles. The zero-order valence-electron chi connectivity index (χ0n) is 21.6. The molecule has 3 N–H and O–H groups in total. The fourth-order valence-corrected chi connectivity index (χ4v) is 5.74. The molecule has 0 heterocycles. The quantitative estimate of drug-likeness (QED) is 0.313. The van der Waals surface area contributed by atoms with Crippen molar-refractivity contribution in [3.05, 3.63) is 65.7 Å². The molecule has 0 aliphatic rings. The molecule has 2 aromatic carbocycles. The number of aliphatic carboxylic acids is 1. The molecule has 0 bridgehead atoms. The summed E-state index contributed by atoms with van der Waals surface area (Å²) in [5.74, 6) is -1.34. The molecule has 0 aromatic heterocycles. The van der Waals surface area contributed by atoms with Crippen molar-refractivity contribution in [2.24, 2.45) is 5.92 Å². The molecule has 198 valence electrons. The van der Waals surface area contributed by atoms with Gasteiger partial charge in [0.05, 0.1) is 10.9 Å². The zero-order chi connectivity index (χ0) is 26.7. The van der Waals surface area contributed by atoms with E-state index in [0.29, 0.717) is 25.8 Å². The van der Waals surface area contributed by atoms with E-state index in [2.05, 4.69) is 10.6 Å². The molecule has 0 aliphatic heterocycles. The van der Waals surface area contributed by atoms with Gasteiger partial charge < -0.3 is 15.7 Å². The molecule has 9 heteroatoms. The summed E-state index contributed by atoms with van der Waals surface area (Å²) in [5, 5.41) is 15.8. The van der Waals surface area contributed by atoms with Gasteiger partial charge in [0.1, 0.15) is 6.04 Å². The lowest BCUT2D eigenvalue weighted by atomic mass is 10.1. The van der Waals surface area contributed by atoms with Crippen LogP contribution in [0.1, 0.15) is 44.2 Å². The first kappa shape index (κ1) is 29.5. The molecular formula is C27H39N3O5S. The van der Waals surface area contributed by atoms with Crippen molar-refractivity contribution in [3.8, 4) is 0 Å². The van der Waals surface area contributed by atoms with E-state index in [4.69, 9.17) is 0 Å². The van der Waals surface area contributed by atoms with Crippen LogP contribution in [-0.2, 0) is 26.0 Å². The summed E-state index contributed by atoms with van der Waals surface area (Å²) in [5.41, 5.74) is 1.97. The number of benzene rings is 2. The minimum absolute atomic E-state index is 0.0468. The van der Waals surface area contributed by atoms with E-state index in [1.165, 1.54) is 12.1 Å². The molecule has 0 radical (unpaired) electrons. The number of carbonyl (C=O) groups excluding carboxylic acids is 1. The van der Waals surface area contributed by atoms with Gasteiger partial charge in [-0.3, -0.25) is 9.59 Å². The van der Waals surface area contributed by atoms with Gasteiger partial charge in [0.25, 0.3) is 0 Å². The topological polar surface area (TPSA) is 116 Å². The van der Waals surface area contributed by atoms with Crippen molar-refractivity contribution < 1.29 is 23.1 Å². The number of likely N-dealkylation sites (N-methyl/N-ethyl adjacent to an activating group) is 1. The Labute approximate surface area is 215 Å². The highest BCUT2D eigenvalue weighted by Crippen LogP contribution is 2.23. The minimum Gasteiger partial charge on any atom is -0.480 e. The molecule has 2 atom stereocenters. The van der Waals surface area contributed by atoms with E-state index >= 15 is 0 Å². The van der Waals surface area contributed by atoms with Crippen LogP contribution in [0.3, 0.4) is 0 Å². The molecule has 1 amide bonds. The number of carboxylic acids is 1. The molecule has 8 nitrogen and oxygen atoms in total. The smallest absolute Gasteiger partial charge is 0.322 e. The van der Waals surface area contributed by atoms with Gasteiger partial charge >= 0.3 is 5.97 Å². The van der Waals surface area contributed by atoms with Crippen LogP contribution >= 0.6 is 0 Å². The van der Waals surface area contributed by atoms with Crippen LogP contribution in [0.5, 0.6) is 0 Å². The van der Waals surface area contributed by atoms with Gasteiger partial charge in [-0.25, -0.2) is 8.42 Å². The number of nitrogens with zero attached hydrogens (tertiary/aromatic N) is 1. The third-order valence-corrected chi connectivity index (χ3v) is 7.85. The summed E-state index contributed by atoms with van der Waals surface area (Å²) in [6.45, 7) is 6.07. The third kappa shape index (κ3) is 8.72. The average Bonchev–Trinajstić information content (AvgIpc) is 2.84. The summed E-state index contributed by atoms with van der Waals surface area (Å²) < 4.78 is 27.8. The van der Waals surface area contributed by atoms with Gasteiger partial charge in [-0.1, -0.05) is 61.9 Å². The molecule has 2 aromatic rings. The Kier molecular flexibility index (Phi) is 11.6. The van der Waals surface area contributed by atoms with E-state index in [0.717, 1.165) is 15.4 Å². The molecule has 0 saturated heterocycles. The Morgan fingerprint density at radius 2 is 1.64 bits per heavy atom. The first-order valence-electron chi connectivity index (χ1n) is 12.4. The monoisotopic (exact) mass is 517 g/mol. The Balaban J connectivity index is 1.98. The molecule has 0 fully saturated rings. The van der Waals surface area contributed by atoms with Crippen molar-refractivity contribution >= 4 is 21.9 Å². The Bertz CT molecular complexity index is 1070. The van der Waals surface area contributed by atoms with Crippen LogP contribution in [-0.4, -0.2) is 61.9 Å². The van der Waals surface area contributed by atoms with Crippen molar-refractivity contribution in [1.82, 2.24) is 14.9 Å². The van der Waals surface area contributed by atoms with Crippen LogP contribution in [0.4, 0.5) is 0 Å². The van der Waals surface area contributed by atoms with Crippen LogP contribution in [0.2, 0.25) is 0 Å². The summed E-state index contributed by atoms with van der Waals surface area (Å²) in [7, 11) is -2.24. The number of amides is 1. The van der Waals surface area contributed by atoms with Crippen LogP contribution in [0, 0.1) is 12.8 Å². The van der Waals surface area contributed by atoms with Gasteiger partial charge in [0.2, 0.25) is 15.9 Å². The number of carbonyl (C=O) groups is 2. The molecule has 36 heavy (non-hydrogen) atoms. The predicted molar refractivity (Wildman–Crippen MR) is 141 cm³/mol.